The van der Waals surface area contributed by atoms with Crippen LogP contribution in [0.2, 0.25) is 0 Å². The van der Waals surface area contributed by atoms with E-state index in [-0.39, 0.29) is 11.9 Å². The van der Waals surface area contributed by atoms with E-state index in [0.29, 0.717) is 0 Å². The Labute approximate surface area is 134 Å². The summed E-state index contributed by atoms with van der Waals surface area (Å²) < 4.78 is 11.4. The Balaban J connectivity index is 1.79. The number of phenolic OH excluding ortho intramolecular Hbond substituents is 1. The molecule has 1 atom stereocenters. The Bertz CT molecular complexity index is 895. The molecule has 3 aromatic carbocycles. The zero-order valence-electron chi connectivity index (χ0n) is 12.7. The van der Waals surface area contributed by atoms with Crippen LogP contribution in [0, 0.1) is 0 Å². The SMILES string of the molecule is COc1ccc(C2C=Cc3c(O)cc4ccccc4c3O2)cc1. The number of aromatic hydroxyl groups is 1. The van der Waals surface area contributed by atoms with Gasteiger partial charge in [0, 0.05) is 5.39 Å². The normalized spacial score (nSPS) is 16.0. The molecule has 0 saturated heterocycles. The molecule has 114 valence electrons. The number of ether oxygens (including phenoxy) is 2. The van der Waals surface area contributed by atoms with Crippen molar-refractivity contribution in [2.75, 3.05) is 7.11 Å². The molecule has 0 bridgehead atoms. The van der Waals surface area contributed by atoms with E-state index in [2.05, 4.69) is 0 Å². The highest BCUT2D eigenvalue weighted by Crippen LogP contribution is 2.42. The summed E-state index contributed by atoms with van der Waals surface area (Å²) in [4.78, 5) is 0. The molecule has 0 spiro atoms. The minimum atomic E-state index is -0.182. The highest BCUT2D eigenvalue weighted by atomic mass is 16.5. The van der Waals surface area contributed by atoms with Gasteiger partial charge in [0.2, 0.25) is 0 Å². The Morgan fingerprint density at radius 2 is 1.83 bits per heavy atom. The first-order valence-corrected chi connectivity index (χ1v) is 7.50. The number of rotatable bonds is 2. The van der Waals surface area contributed by atoms with Crippen molar-refractivity contribution in [3.8, 4) is 17.2 Å². The second-order valence-electron chi connectivity index (χ2n) is 5.53. The molecule has 1 N–H and O–H groups in total. The third-order valence-electron chi connectivity index (χ3n) is 4.15. The summed E-state index contributed by atoms with van der Waals surface area (Å²) >= 11 is 0. The molecule has 0 aliphatic carbocycles. The summed E-state index contributed by atoms with van der Waals surface area (Å²) in [6, 6.07) is 17.5. The highest BCUT2D eigenvalue weighted by Gasteiger charge is 2.21. The molecule has 0 saturated carbocycles. The standard InChI is InChI=1S/C20H16O3/c1-22-15-8-6-13(7-9-15)19-11-10-17-18(21)12-14-4-2-3-5-16(14)20(17)23-19/h2-12,19,21H,1H3. The van der Waals surface area contributed by atoms with Gasteiger partial charge in [0.1, 0.15) is 23.4 Å². The van der Waals surface area contributed by atoms with Crippen molar-refractivity contribution in [2.24, 2.45) is 0 Å². The number of methoxy groups -OCH3 is 1. The van der Waals surface area contributed by atoms with Gasteiger partial charge in [-0.2, -0.15) is 0 Å². The van der Waals surface area contributed by atoms with Crippen molar-refractivity contribution in [1.29, 1.82) is 0 Å². The van der Waals surface area contributed by atoms with E-state index in [9.17, 15) is 5.11 Å². The zero-order valence-corrected chi connectivity index (χ0v) is 12.7. The van der Waals surface area contributed by atoms with Gasteiger partial charge in [0.15, 0.2) is 0 Å². The second-order valence-corrected chi connectivity index (χ2v) is 5.53. The first kappa shape index (κ1) is 13.7. The van der Waals surface area contributed by atoms with Crippen LogP contribution in [0.3, 0.4) is 0 Å². The summed E-state index contributed by atoms with van der Waals surface area (Å²) in [7, 11) is 1.65. The van der Waals surface area contributed by atoms with Crippen LogP contribution in [-0.4, -0.2) is 12.2 Å². The van der Waals surface area contributed by atoms with Crippen LogP contribution in [0.15, 0.2) is 60.7 Å². The van der Waals surface area contributed by atoms with E-state index in [1.807, 2.05) is 60.7 Å². The molecular formula is C20H16O3. The van der Waals surface area contributed by atoms with Gasteiger partial charge in [-0.3, -0.25) is 0 Å². The van der Waals surface area contributed by atoms with Crippen LogP contribution in [0.25, 0.3) is 16.8 Å². The van der Waals surface area contributed by atoms with Crippen molar-refractivity contribution in [1.82, 2.24) is 0 Å². The van der Waals surface area contributed by atoms with E-state index in [0.717, 1.165) is 33.4 Å². The van der Waals surface area contributed by atoms with E-state index < -0.39 is 0 Å². The van der Waals surface area contributed by atoms with Crippen LogP contribution >= 0.6 is 0 Å². The minimum absolute atomic E-state index is 0.182. The molecule has 23 heavy (non-hydrogen) atoms. The van der Waals surface area contributed by atoms with E-state index in [4.69, 9.17) is 9.47 Å². The first-order chi connectivity index (χ1) is 11.3. The zero-order chi connectivity index (χ0) is 15.8. The van der Waals surface area contributed by atoms with Crippen LogP contribution in [-0.2, 0) is 0 Å². The van der Waals surface area contributed by atoms with Crippen molar-refractivity contribution in [3.63, 3.8) is 0 Å². The molecule has 1 aliphatic rings. The maximum absolute atomic E-state index is 10.2. The van der Waals surface area contributed by atoms with Gasteiger partial charge in [-0.15, -0.1) is 0 Å². The van der Waals surface area contributed by atoms with Gasteiger partial charge in [-0.05, 0) is 41.3 Å². The second kappa shape index (κ2) is 5.36. The fourth-order valence-electron chi connectivity index (χ4n) is 2.93. The molecule has 4 rings (SSSR count). The van der Waals surface area contributed by atoms with Gasteiger partial charge < -0.3 is 14.6 Å². The quantitative estimate of drug-likeness (QED) is 0.745. The fourth-order valence-corrected chi connectivity index (χ4v) is 2.93. The van der Waals surface area contributed by atoms with Crippen LogP contribution in [0.5, 0.6) is 17.2 Å². The molecule has 0 aromatic heterocycles. The predicted molar refractivity (Wildman–Crippen MR) is 91.0 cm³/mol. The lowest BCUT2D eigenvalue weighted by molar-refractivity contribution is 0.253. The molecule has 1 heterocycles. The van der Waals surface area contributed by atoms with Gasteiger partial charge in [0.05, 0.1) is 12.7 Å². The number of fused-ring (bicyclic) bond motifs is 3. The van der Waals surface area contributed by atoms with Gasteiger partial charge in [0.25, 0.3) is 0 Å². The maximum Gasteiger partial charge on any atom is 0.142 e. The number of hydrogen-bond acceptors (Lipinski definition) is 3. The topological polar surface area (TPSA) is 38.7 Å². The molecule has 0 radical (unpaired) electrons. The first-order valence-electron chi connectivity index (χ1n) is 7.50. The van der Waals surface area contributed by atoms with Crippen LogP contribution in [0.4, 0.5) is 0 Å². The molecule has 1 unspecified atom stereocenters. The number of hydrogen-bond donors (Lipinski definition) is 1. The molecule has 0 amide bonds. The van der Waals surface area contributed by atoms with E-state index in [1.54, 1.807) is 13.2 Å². The van der Waals surface area contributed by atoms with Crippen molar-refractivity contribution in [2.45, 2.75) is 6.10 Å². The van der Waals surface area contributed by atoms with E-state index >= 15 is 0 Å². The molecule has 3 nitrogen and oxygen atoms in total. The molecule has 3 heteroatoms. The van der Waals surface area contributed by atoms with Gasteiger partial charge in [-0.25, -0.2) is 0 Å². The summed E-state index contributed by atoms with van der Waals surface area (Å²) in [5, 5.41) is 12.2. The maximum atomic E-state index is 10.2. The molecule has 1 aliphatic heterocycles. The van der Waals surface area contributed by atoms with Crippen LogP contribution in [0.1, 0.15) is 17.2 Å². The monoisotopic (exact) mass is 304 g/mol. The summed E-state index contributed by atoms with van der Waals surface area (Å²) in [6.07, 6.45) is 3.70. The van der Waals surface area contributed by atoms with Crippen LogP contribution < -0.4 is 9.47 Å². The number of benzene rings is 3. The third-order valence-corrected chi connectivity index (χ3v) is 4.15. The lowest BCUT2D eigenvalue weighted by Crippen LogP contribution is -2.09. The average Bonchev–Trinajstić information content (AvgIpc) is 2.61. The van der Waals surface area contributed by atoms with Gasteiger partial charge >= 0.3 is 0 Å². The van der Waals surface area contributed by atoms with Crippen molar-refractivity contribution in [3.05, 3.63) is 71.8 Å². The smallest absolute Gasteiger partial charge is 0.142 e. The predicted octanol–water partition coefficient (Wildman–Crippen LogP) is 4.70. The van der Waals surface area contributed by atoms with Gasteiger partial charge in [-0.1, -0.05) is 36.4 Å². The Kier molecular flexibility index (Phi) is 3.19. The Morgan fingerprint density at radius 1 is 1.04 bits per heavy atom. The third kappa shape index (κ3) is 2.30. The lowest BCUT2D eigenvalue weighted by Gasteiger charge is -2.24. The fraction of sp³-hybridized carbons (Fsp3) is 0.100. The Hall–Kier alpha value is -2.94. The highest BCUT2D eigenvalue weighted by molar-refractivity contribution is 5.94. The largest absolute Gasteiger partial charge is 0.507 e. The summed E-state index contributed by atoms with van der Waals surface area (Å²) in [5.74, 6) is 1.78. The number of phenols is 1. The molecule has 3 aromatic rings. The summed E-state index contributed by atoms with van der Waals surface area (Å²) in [5.41, 5.74) is 1.77. The van der Waals surface area contributed by atoms with E-state index in [1.165, 1.54) is 0 Å². The average molecular weight is 304 g/mol. The minimum Gasteiger partial charge on any atom is -0.507 e. The van der Waals surface area contributed by atoms with Crippen molar-refractivity contribution >= 4 is 16.8 Å². The van der Waals surface area contributed by atoms with Crippen molar-refractivity contribution < 1.29 is 14.6 Å². The Morgan fingerprint density at radius 3 is 2.61 bits per heavy atom. The lowest BCUT2D eigenvalue weighted by atomic mass is 9.99. The molecule has 0 fully saturated rings. The summed E-state index contributed by atoms with van der Waals surface area (Å²) in [6.45, 7) is 0. The molecular weight excluding hydrogens is 288 g/mol.